The van der Waals surface area contributed by atoms with Crippen molar-refractivity contribution in [3.05, 3.63) is 20.5 Å². The minimum absolute atomic E-state index is 0.250. The van der Waals surface area contributed by atoms with Crippen molar-refractivity contribution in [1.29, 1.82) is 0 Å². The van der Waals surface area contributed by atoms with Crippen LogP contribution in [-0.4, -0.2) is 24.6 Å². The fourth-order valence-electron chi connectivity index (χ4n) is 0.721. The largest absolute Gasteiger partial charge is 0.333 e. The molecule has 1 rings (SSSR count). The van der Waals surface area contributed by atoms with Gasteiger partial charge in [0.2, 0.25) is 15.0 Å². The van der Waals surface area contributed by atoms with Crippen molar-refractivity contribution in [2.24, 2.45) is 0 Å². The van der Waals surface area contributed by atoms with E-state index in [9.17, 15) is 13.2 Å². The van der Waals surface area contributed by atoms with E-state index in [1.54, 1.807) is 6.92 Å². The predicted molar refractivity (Wildman–Crippen MR) is 50.4 cm³/mol. The van der Waals surface area contributed by atoms with Gasteiger partial charge in [-0.2, -0.15) is 4.98 Å². The average Bonchev–Trinajstić information content (AvgIpc) is 1.97. The molecular weight excluding hydrogens is 260 g/mol. The number of nitrogens with zero attached hydrogens (tertiary/aromatic N) is 1. The molecule has 7 heteroatoms. The summed E-state index contributed by atoms with van der Waals surface area (Å²) in [5.41, 5.74) is -0.142. The predicted octanol–water partition coefficient (Wildman–Crippen LogP) is 0.244. The Kier molecular flexibility index (Phi) is 2.58. The van der Waals surface area contributed by atoms with Gasteiger partial charge in [0.1, 0.15) is 4.47 Å². The highest BCUT2D eigenvalue weighted by Crippen LogP contribution is 2.08. The van der Waals surface area contributed by atoms with Gasteiger partial charge in [-0.1, -0.05) is 0 Å². The van der Waals surface area contributed by atoms with E-state index in [1.165, 1.54) is 0 Å². The van der Waals surface area contributed by atoms with E-state index in [4.69, 9.17) is 0 Å². The number of aromatic amines is 1. The molecule has 0 unspecified atom stereocenters. The molecule has 0 saturated carbocycles. The van der Waals surface area contributed by atoms with Crippen molar-refractivity contribution in [2.45, 2.75) is 12.1 Å². The lowest BCUT2D eigenvalue weighted by Gasteiger charge is -2.00. The quantitative estimate of drug-likeness (QED) is 0.739. The number of hydrogen-bond acceptors (Lipinski definition) is 4. The van der Waals surface area contributed by atoms with Gasteiger partial charge in [-0.25, -0.2) is 8.42 Å². The van der Waals surface area contributed by atoms with Crippen LogP contribution >= 0.6 is 15.9 Å². The second-order valence-electron chi connectivity index (χ2n) is 2.56. The van der Waals surface area contributed by atoms with Crippen LogP contribution in [-0.2, 0) is 9.84 Å². The maximum Gasteiger partial charge on any atom is 0.288 e. The molecule has 1 heterocycles. The Hall–Kier alpha value is -0.690. The summed E-state index contributed by atoms with van der Waals surface area (Å²) < 4.78 is 22.3. The van der Waals surface area contributed by atoms with E-state index in [1.807, 2.05) is 0 Å². The summed E-state index contributed by atoms with van der Waals surface area (Å²) in [5, 5.41) is -0.307. The van der Waals surface area contributed by atoms with Crippen LogP contribution in [0.4, 0.5) is 0 Å². The summed E-state index contributed by atoms with van der Waals surface area (Å²) in [7, 11) is -3.45. The Bertz CT molecular complexity index is 491. The van der Waals surface area contributed by atoms with Gasteiger partial charge in [-0.15, -0.1) is 0 Å². The molecule has 0 aliphatic carbocycles. The van der Waals surface area contributed by atoms with Crippen LogP contribution in [0.5, 0.6) is 0 Å². The van der Waals surface area contributed by atoms with Crippen LogP contribution in [0, 0.1) is 6.92 Å². The summed E-state index contributed by atoms with van der Waals surface area (Å²) in [4.78, 5) is 16.9. The number of halogens is 1. The zero-order valence-electron chi connectivity index (χ0n) is 6.96. The van der Waals surface area contributed by atoms with E-state index >= 15 is 0 Å². The van der Waals surface area contributed by atoms with Crippen molar-refractivity contribution in [3.8, 4) is 0 Å². The third-order valence-corrected chi connectivity index (χ3v) is 3.20. The maximum absolute atomic E-state index is 11.1. The van der Waals surface area contributed by atoms with Gasteiger partial charge >= 0.3 is 0 Å². The Labute approximate surface area is 83.3 Å². The maximum atomic E-state index is 11.1. The van der Waals surface area contributed by atoms with E-state index in [0.29, 0.717) is 5.69 Å². The molecule has 0 aliphatic rings. The summed E-state index contributed by atoms with van der Waals surface area (Å²) in [6.45, 7) is 1.59. The summed E-state index contributed by atoms with van der Waals surface area (Å²) in [5.74, 6) is 0. The van der Waals surface area contributed by atoms with Crippen molar-refractivity contribution >= 4 is 25.8 Å². The van der Waals surface area contributed by atoms with E-state index in [2.05, 4.69) is 25.9 Å². The van der Waals surface area contributed by atoms with Crippen LogP contribution in [0.3, 0.4) is 0 Å². The molecule has 0 atom stereocenters. The van der Waals surface area contributed by atoms with Gasteiger partial charge in [0.15, 0.2) is 0 Å². The second kappa shape index (κ2) is 3.22. The highest BCUT2D eigenvalue weighted by atomic mass is 79.9. The zero-order valence-corrected chi connectivity index (χ0v) is 9.36. The third kappa shape index (κ3) is 2.16. The topological polar surface area (TPSA) is 79.9 Å². The summed E-state index contributed by atoms with van der Waals surface area (Å²) in [6, 6.07) is 0. The first-order chi connectivity index (χ1) is 5.82. The number of H-pyrrole nitrogens is 1. The molecular formula is C6H7BrN2O3S. The highest BCUT2D eigenvalue weighted by Gasteiger charge is 2.13. The van der Waals surface area contributed by atoms with Crippen LogP contribution < -0.4 is 5.56 Å². The molecule has 13 heavy (non-hydrogen) atoms. The van der Waals surface area contributed by atoms with E-state index < -0.39 is 15.4 Å². The Balaban J connectivity index is 3.56. The molecule has 0 bridgehead atoms. The van der Waals surface area contributed by atoms with Crippen molar-refractivity contribution in [2.75, 3.05) is 6.26 Å². The molecule has 5 nitrogen and oxygen atoms in total. The zero-order chi connectivity index (χ0) is 10.2. The van der Waals surface area contributed by atoms with Gasteiger partial charge in [0.05, 0.1) is 0 Å². The molecule has 1 aromatic rings. The van der Waals surface area contributed by atoms with Crippen LogP contribution in [0.25, 0.3) is 0 Å². The fraction of sp³-hybridized carbons (Fsp3) is 0.333. The Morgan fingerprint density at radius 3 is 2.38 bits per heavy atom. The molecule has 0 fully saturated rings. The number of nitrogens with one attached hydrogen (secondary N) is 1. The normalized spacial score (nSPS) is 11.6. The number of hydrogen-bond donors (Lipinski definition) is 1. The average molecular weight is 267 g/mol. The first-order valence-corrected chi connectivity index (χ1v) is 5.97. The van der Waals surface area contributed by atoms with Gasteiger partial charge < -0.3 is 4.98 Å². The third-order valence-electron chi connectivity index (χ3n) is 1.37. The molecule has 0 spiro atoms. The fourth-order valence-corrected chi connectivity index (χ4v) is 1.50. The molecule has 0 radical (unpaired) electrons. The van der Waals surface area contributed by atoms with Crippen molar-refractivity contribution < 1.29 is 8.42 Å². The van der Waals surface area contributed by atoms with Crippen LogP contribution in [0.2, 0.25) is 0 Å². The van der Waals surface area contributed by atoms with E-state index in [0.717, 1.165) is 6.26 Å². The molecule has 1 N–H and O–H groups in total. The minimum atomic E-state index is -3.45. The number of sulfone groups is 1. The molecule has 0 saturated heterocycles. The first-order valence-electron chi connectivity index (χ1n) is 3.29. The SMILES string of the molecule is Cc1[nH]c(S(C)(=O)=O)nc(=O)c1Br. The van der Waals surface area contributed by atoms with Gasteiger partial charge in [0.25, 0.3) is 5.56 Å². The van der Waals surface area contributed by atoms with Crippen molar-refractivity contribution in [3.63, 3.8) is 0 Å². The second-order valence-corrected chi connectivity index (χ2v) is 5.28. The van der Waals surface area contributed by atoms with Gasteiger partial charge in [-0.3, -0.25) is 4.79 Å². The smallest absolute Gasteiger partial charge is 0.288 e. The number of aryl methyl sites for hydroxylation is 1. The molecule has 0 aliphatic heterocycles. The molecule has 0 aromatic carbocycles. The number of aromatic nitrogens is 2. The Morgan fingerprint density at radius 2 is 2.00 bits per heavy atom. The monoisotopic (exact) mass is 266 g/mol. The van der Waals surface area contributed by atoms with Gasteiger partial charge in [0, 0.05) is 11.9 Å². The lowest BCUT2D eigenvalue weighted by molar-refractivity contribution is 0.591. The van der Waals surface area contributed by atoms with Crippen molar-refractivity contribution in [1.82, 2.24) is 9.97 Å². The van der Waals surface area contributed by atoms with Crippen LogP contribution in [0.1, 0.15) is 5.69 Å². The van der Waals surface area contributed by atoms with E-state index in [-0.39, 0.29) is 9.63 Å². The lowest BCUT2D eigenvalue weighted by atomic mass is 10.5. The van der Waals surface area contributed by atoms with Gasteiger partial charge in [-0.05, 0) is 22.9 Å². The van der Waals surface area contributed by atoms with Crippen LogP contribution in [0.15, 0.2) is 14.4 Å². The highest BCUT2D eigenvalue weighted by molar-refractivity contribution is 9.10. The summed E-state index contributed by atoms with van der Waals surface area (Å²) >= 11 is 2.98. The molecule has 72 valence electrons. The minimum Gasteiger partial charge on any atom is -0.333 e. The molecule has 0 amide bonds. The Morgan fingerprint density at radius 1 is 1.46 bits per heavy atom. The molecule has 1 aromatic heterocycles. The number of rotatable bonds is 1. The standard InChI is InChI=1S/C6H7BrN2O3S/c1-3-4(7)5(10)9-6(8-3)13(2,11)12/h1-2H3,(H,8,9,10). The lowest BCUT2D eigenvalue weighted by Crippen LogP contribution is -2.16. The summed E-state index contributed by atoms with van der Waals surface area (Å²) in [6.07, 6.45) is 0.985. The first kappa shape index (κ1) is 10.4.